The minimum Gasteiger partial charge on any atom is -0.444 e. The van der Waals surface area contributed by atoms with Gasteiger partial charge >= 0.3 is 6.09 Å². The third-order valence-corrected chi connectivity index (χ3v) is 5.61. The van der Waals surface area contributed by atoms with Crippen molar-refractivity contribution >= 4 is 22.7 Å². The van der Waals surface area contributed by atoms with Crippen LogP contribution in [0, 0.1) is 0 Å². The van der Waals surface area contributed by atoms with Crippen molar-refractivity contribution in [2.75, 3.05) is 11.9 Å². The van der Waals surface area contributed by atoms with Crippen LogP contribution < -0.4 is 10.6 Å². The number of aromatic nitrogens is 2. The number of ether oxygens (including phenoxy) is 1. The van der Waals surface area contributed by atoms with Gasteiger partial charge in [-0.15, -0.1) is 0 Å². The molecule has 0 bridgehead atoms. The molecule has 3 N–H and O–H groups in total. The quantitative estimate of drug-likeness (QED) is 0.313. The van der Waals surface area contributed by atoms with Gasteiger partial charge < -0.3 is 20.5 Å². The first-order valence-electron chi connectivity index (χ1n) is 12.0. The van der Waals surface area contributed by atoms with E-state index in [2.05, 4.69) is 50.9 Å². The fourth-order valence-electron chi connectivity index (χ4n) is 3.84. The average molecular weight is 485 g/mol. The average Bonchev–Trinajstić information content (AvgIpc) is 2.86. The zero-order valence-corrected chi connectivity index (χ0v) is 20.9. The molecule has 0 fully saturated rings. The van der Waals surface area contributed by atoms with Crippen LogP contribution in [-0.4, -0.2) is 39.4 Å². The largest absolute Gasteiger partial charge is 0.444 e. The Hall–Kier alpha value is -3.97. The van der Waals surface area contributed by atoms with E-state index < -0.39 is 17.7 Å². The van der Waals surface area contributed by atoms with Crippen molar-refractivity contribution in [1.29, 1.82) is 0 Å². The SMILES string of the molecule is CC(C)(C)OC(=O)N[C@H](CO)Cc1ccc(-c2cnc(NCc3ccc4ccccc4c3)cn2)cc1. The van der Waals surface area contributed by atoms with Gasteiger partial charge in [-0.05, 0) is 55.2 Å². The Morgan fingerprint density at radius 2 is 1.67 bits per heavy atom. The van der Waals surface area contributed by atoms with Gasteiger partial charge in [0, 0.05) is 12.1 Å². The fraction of sp³-hybridized carbons (Fsp3) is 0.276. The number of carbonyl (C=O) groups excluding carboxylic acids is 1. The zero-order chi connectivity index (χ0) is 25.5. The molecule has 7 nitrogen and oxygen atoms in total. The molecular weight excluding hydrogens is 452 g/mol. The number of aliphatic hydroxyl groups excluding tert-OH is 1. The van der Waals surface area contributed by atoms with E-state index >= 15 is 0 Å². The van der Waals surface area contributed by atoms with Crippen LogP contribution in [0.3, 0.4) is 0 Å². The second-order valence-electron chi connectivity index (χ2n) is 9.75. The third kappa shape index (κ3) is 7.02. The van der Waals surface area contributed by atoms with Crippen molar-refractivity contribution in [2.24, 2.45) is 0 Å². The summed E-state index contributed by atoms with van der Waals surface area (Å²) >= 11 is 0. The number of aliphatic hydroxyl groups is 1. The Morgan fingerprint density at radius 3 is 2.33 bits per heavy atom. The molecule has 0 unspecified atom stereocenters. The van der Waals surface area contributed by atoms with Crippen molar-refractivity contribution in [2.45, 2.75) is 45.4 Å². The van der Waals surface area contributed by atoms with Crippen molar-refractivity contribution in [3.8, 4) is 11.3 Å². The van der Waals surface area contributed by atoms with E-state index in [4.69, 9.17) is 4.74 Å². The van der Waals surface area contributed by atoms with E-state index in [1.165, 1.54) is 16.3 Å². The van der Waals surface area contributed by atoms with E-state index in [0.717, 1.165) is 16.8 Å². The Balaban J connectivity index is 1.32. The summed E-state index contributed by atoms with van der Waals surface area (Å²) in [6, 6.07) is 22.1. The van der Waals surface area contributed by atoms with Crippen molar-refractivity contribution in [3.63, 3.8) is 0 Å². The molecule has 0 aliphatic carbocycles. The number of hydrogen-bond acceptors (Lipinski definition) is 6. The van der Waals surface area contributed by atoms with Crippen LogP contribution in [0.5, 0.6) is 0 Å². The summed E-state index contributed by atoms with van der Waals surface area (Å²) in [5.74, 6) is 0.711. The van der Waals surface area contributed by atoms with Crippen molar-refractivity contribution in [3.05, 3.63) is 90.3 Å². The summed E-state index contributed by atoms with van der Waals surface area (Å²) in [7, 11) is 0. The maximum Gasteiger partial charge on any atom is 0.407 e. The van der Waals surface area contributed by atoms with E-state index in [1.807, 2.05) is 36.4 Å². The Labute approximate surface area is 211 Å². The van der Waals surface area contributed by atoms with E-state index in [1.54, 1.807) is 33.2 Å². The minimum absolute atomic E-state index is 0.180. The monoisotopic (exact) mass is 484 g/mol. The second kappa shape index (κ2) is 11.2. The summed E-state index contributed by atoms with van der Waals surface area (Å²) in [6.07, 6.45) is 3.43. The number of benzene rings is 3. The Bertz CT molecular complexity index is 1300. The third-order valence-electron chi connectivity index (χ3n) is 5.61. The molecule has 0 aliphatic rings. The lowest BCUT2D eigenvalue weighted by Gasteiger charge is -2.22. The number of nitrogens with one attached hydrogen (secondary N) is 2. The molecule has 1 heterocycles. The van der Waals surface area contributed by atoms with Gasteiger partial charge in [0.2, 0.25) is 0 Å². The number of amides is 1. The molecule has 4 aromatic rings. The molecule has 1 aromatic heterocycles. The Kier molecular flexibility index (Phi) is 7.80. The Morgan fingerprint density at radius 1 is 0.944 bits per heavy atom. The van der Waals surface area contributed by atoms with E-state index in [0.29, 0.717) is 18.8 Å². The fourth-order valence-corrected chi connectivity index (χ4v) is 3.84. The number of anilines is 1. The summed E-state index contributed by atoms with van der Waals surface area (Å²) < 4.78 is 5.27. The normalized spacial score (nSPS) is 12.2. The molecule has 0 radical (unpaired) electrons. The highest BCUT2D eigenvalue weighted by Crippen LogP contribution is 2.20. The van der Waals surface area contributed by atoms with Crippen molar-refractivity contribution < 1.29 is 14.6 Å². The number of rotatable bonds is 8. The van der Waals surface area contributed by atoms with Gasteiger partial charge in [0.05, 0.1) is 30.7 Å². The molecule has 1 amide bonds. The predicted octanol–water partition coefficient (Wildman–Crippen LogP) is 5.34. The van der Waals surface area contributed by atoms with Gasteiger partial charge in [0.1, 0.15) is 11.4 Å². The molecule has 186 valence electrons. The molecule has 7 heteroatoms. The van der Waals surface area contributed by atoms with Gasteiger partial charge in [-0.25, -0.2) is 9.78 Å². The molecule has 36 heavy (non-hydrogen) atoms. The van der Waals surface area contributed by atoms with Gasteiger partial charge in [-0.1, -0.05) is 60.7 Å². The lowest BCUT2D eigenvalue weighted by Crippen LogP contribution is -2.42. The predicted molar refractivity (Wildman–Crippen MR) is 143 cm³/mol. The molecule has 0 saturated heterocycles. The number of nitrogens with zero attached hydrogens (tertiary/aromatic N) is 2. The van der Waals surface area contributed by atoms with Crippen LogP contribution in [-0.2, 0) is 17.7 Å². The molecule has 3 aromatic carbocycles. The molecule has 1 atom stereocenters. The van der Waals surface area contributed by atoms with Gasteiger partial charge in [0.25, 0.3) is 0 Å². The second-order valence-corrected chi connectivity index (χ2v) is 9.75. The van der Waals surface area contributed by atoms with Crippen LogP contribution in [0.1, 0.15) is 31.9 Å². The first-order chi connectivity index (χ1) is 17.3. The molecule has 0 aliphatic heterocycles. The highest BCUT2D eigenvalue weighted by atomic mass is 16.6. The number of alkyl carbamates (subject to hydrolysis) is 1. The summed E-state index contributed by atoms with van der Waals surface area (Å²) in [5.41, 5.74) is 3.28. The lowest BCUT2D eigenvalue weighted by molar-refractivity contribution is 0.0483. The molecule has 4 rings (SSSR count). The van der Waals surface area contributed by atoms with Crippen LogP contribution in [0.25, 0.3) is 22.0 Å². The van der Waals surface area contributed by atoms with Gasteiger partial charge in [-0.2, -0.15) is 0 Å². The highest BCUT2D eigenvalue weighted by Gasteiger charge is 2.19. The van der Waals surface area contributed by atoms with Crippen molar-refractivity contribution in [1.82, 2.24) is 15.3 Å². The number of carbonyl (C=O) groups is 1. The first-order valence-corrected chi connectivity index (χ1v) is 12.0. The van der Waals surface area contributed by atoms with Crippen LogP contribution in [0.4, 0.5) is 10.6 Å². The minimum atomic E-state index is -0.589. The maximum absolute atomic E-state index is 12.0. The van der Waals surface area contributed by atoms with Gasteiger partial charge in [-0.3, -0.25) is 4.98 Å². The van der Waals surface area contributed by atoms with E-state index in [-0.39, 0.29) is 6.61 Å². The van der Waals surface area contributed by atoms with Crippen LogP contribution in [0.15, 0.2) is 79.1 Å². The highest BCUT2D eigenvalue weighted by molar-refractivity contribution is 5.83. The summed E-state index contributed by atoms with van der Waals surface area (Å²) in [4.78, 5) is 21.1. The standard InChI is InChI=1S/C29H32N4O3/c1-29(2,3)36-28(35)33-25(19-34)15-20-8-12-23(13-9-20)26-17-32-27(18-30-26)31-16-21-10-11-22-6-4-5-7-24(22)14-21/h4-14,17-18,25,34H,15-16,19H2,1-3H3,(H,31,32)(H,33,35)/t25-/m0/s1. The molecule has 0 spiro atoms. The summed E-state index contributed by atoms with van der Waals surface area (Å²) in [6.45, 7) is 5.89. The lowest BCUT2D eigenvalue weighted by atomic mass is 10.0. The first kappa shape index (κ1) is 25.1. The van der Waals surface area contributed by atoms with Crippen LogP contribution in [0.2, 0.25) is 0 Å². The maximum atomic E-state index is 12.0. The molecule has 0 saturated carbocycles. The molecular formula is C29H32N4O3. The summed E-state index contributed by atoms with van der Waals surface area (Å²) in [5, 5.41) is 18.1. The number of hydrogen-bond donors (Lipinski definition) is 3. The number of fused-ring (bicyclic) bond motifs is 1. The smallest absolute Gasteiger partial charge is 0.407 e. The van der Waals surface area contributed by atoms with E-state index in [9.17, 15) is 9.90 Å². The topological polar surface area (TPSA) is 96.4 Å². The van der Waals surface area contributed by atoms with Gasteiger partial charge in [0.15, 0.2) is 0 Å². The van der Waals surface area contributed by atoms with Crippen LogP contribution >= 0.6 is 0 Å². The zero-order valence-electron chi connectivity index (χ0n) is 20.9.